The lowest BCUT2D eigenvalue weighted by Crippen LogP contribution is -2.32. The molecule has 1 atom stereocenters. The number of carbonyl (C=O) groups is 5. The maximum Gasteiger partial charge on any atom is 0.348 e. The normalized spacial score (nSPS) is 14.5. The Bertz CT molecular complexity index is 1130. The molecule has 2 N–H and O–H groups in total. The van der Waals surface area contributed by atoms with Crippen molar-refractivity contribution in [3.8, 4) is 0 Å². The maximum absolute atomic E-state index is 12.3. The average Bonchev–Trinajstić information content (AvgIpc) is 3.12. The predicted octanol–water partition coefficient (Wildman–Crippen LogP) is 2.61. The summed E-state index contributed by atoms with van der Waals surface area (Å²) in [7, 11) is 2.36. The third kappa shape index (κ3) is 5.52. The summed E-state index contributed by atoms with van der Waals surface area (Å²) in [5, 5.41) is 4.56. The molecule has 3 rings (SSSR count). The molecule has 2 aromatic rings. The highest BCUT2D eigenvalue weighted by Crippen LogP contribution is 2.37. The molecule has 0 spiro atoms. The molecule has 1 aromatic carbocycles. The Kier molecular flexibility index (Phi) is 7.71. The molecule has 2 amide bonds. The Hall–Kier alpha value is -3.38. The van der Waals surface area contributed by atoms with E-state index in [9.17, 15) is 24.0 Å². The molecule has 0 saturated carbocycles. The minimum Gasteiger partial charge on any atom is -0.465 e. The van der Waals surface area contributed by atoms with Gasteiger partial charge in [-0.15, -0.1) is 23.1 Å². The topological polar surface area (TPSA) is 137 Å². The lowest BCUT2D eigenvalue weighted by atomic mass is 10.1. The second-order valence-corrected chi connectivity index (χ2v) is 9.01. The summed E-state index contributed by atoms with van der Waals surface area (Å²) >= 11 is 2.08. The first-order valence-corrected chi connectivity index (χ1v) is 11.3. The molecule has 0 fully saturated rings. The Balaban J connectivity index is 1.60. The number of para-hydroxylation sites is 1. The summed E-state index contributed by atoms with van der Waals surface area (Å²) in [6, 6.07) is 7.21. The molecule has 0 saturated heterocycles. The van der Waals surface area contributed by atoms with Crippen LogP contribution in [0.5, 0.6) is 0 Å². The summed E-state index contributed by atoms with van der Waals surface area (Å²) in [5.74, 6) is -3.20. The number of thioether (sulfide) groups is 1. The Morgan fingerprint density at radius 3 is 2.48 bits per heavy atom. The number of anilines is 2. The van der Waals surface area contributed by atoms with Crippen LogP contribution in [-0.2, 0) is 28.6 Å². The zero-order chi connectivity index (χ0) is 24.1. The number of fused-ring (bicyclic) bond motifs is 1. The molecule has 1 aliphatic rings. The van der Waals surface area contributed by atoms with Crippen LogP contribution in [0.15, 0.2) is 29.2 Å². The number of esters is 3. The van der Waals surface area contributed by atoms with Crippen molar-refractivity contribution in [3.05, 3.63) is 40.3 Å². The van der Waals surface area contributed by atoms with Crippen LogP contribution < -0.4 is 10.6 Å². The Morgan fingerprint density at radius 1 is 1.09 bits per heavy atom. The largest absolute Gasteiger partial charge is 0.465 e. The molecule has 1 aromatic heterocycles. The van der Waals surface area contributed by atoms with Crippen LogP contribution in [0.1, 0.15) is 32.0 Å². The molecular weight excluding hydrogens is 472 g/mol. The fourth-order valence-corrected chi connectivity index (χ4v) is 5.21. The van der Waals surface area contributed by atoms with E-state index in [1.165, 1.54) is 32.9 Å². The van der Waals surface area contributed by atoms with Crippen molar-refractivity contribution in [3.63, 3.8) is 0 Å². The SMILES string of the molecule is COC(=O)c1sc(NC(=O)COC(=O)C[C@@H]2Sc3ccccc3NC2=O)c(C(=O)OC)c1C. The number of amides is 2. The summed E-state index contributed by atoms with van der Waals surface area (Å²) < 4.78 is 14.4. The fourth-order valence-electron chi connectivity index (χ4n) is 2.98. The van der Waals surface area contributed by atoms with Gasteiger partial charge in [0, 0.05) is 4.90 Å². The van der Waals surface area contributed by atoms with E-state index < -0.39 is 35.7 Å². The molecule has 33 heavy (non-hydrogen) atoms. The zero-order valence-electron chi connectivity index (χ0n) is 17.9. The van der Waals surface area contributed by atoms with Gasteiger partial charge in [-0.25, -0.2) is 9.59 Å². The van der Waals surface area contributed by atoms with Gasteiger partial charge < -0.3 is 24.8 Å². The van der Waals surface area contributed by atoms with Gasteiger partial charge in [-0.05, 0) is 24.6 Å². The Morgan fingerprint density at radius 2 is 1.79 bits per heavy atom. The van der Waals surface area contributed by atoms with Crippen LogP contribution in [0.3, 0.4) is 0 Å². The second-order valence-electron chi connectivity index (χ2n) is 6.75. The highest BCUT2D eigenvalue weighted by atomic mass is 32.2. The van der Waals surface area contributed by atoms with Crippen molar-refractivity contribution in [2.24, 2.45) is 0 Å². The standard InChI is InChI=1S/C21H20N2O8S2/c1-10-16(20(27)29-2)19(33-17(10)21(28)30-3)23-14(24)9-31-15(25)8-13-18(26)22-11-6-4-5-7-12(11)32-13/h4-7,13H,8-9H2,1-3H3,(H,22,26)(H,23,24)/t13-/m0/s1. The van der Waals surface area contributed by atoms with E-state index in [0.29, 0.717) is 11.3 Å². The first-order valence-electron chi connectivity index (χ1n) is 9.57. The first kappa shape index (κ1) is 24.3. The number of carbonyl (C=O) groups excluding carboxylic acids is 5. The number of benzene rings is 1. The molecule has 0 radical (unpaired) electrons. The number of thiophene rings is 1. The summed E-state index contributed by atoms with van der Waals surface area (Å²) in [4.78, 5) is 61.8. The predicted molar refractivity (Wildman–Crippen MR) is 121 cm³/mol. The fraction of sp³-hybridized carbons (Fsp3) is 0.286. The van der Waals surface area contributed by atoms with Crippen LogP contribution >= 0.6 is 23.1 Å². The number of methoxy groups -OCH3 is 2. The van der Waals surface area contributed by atoms with Gasteiger partial charge in [0.1, 0.15) is 9.88 Å². The lowest BCUT2D eigenvalue weighted by molar-refractivity contribution is -0.147. The first-order chi connectivity index (χ1) is 15.7. The lowest BCUT2D eigenvalue weighted by Gasteiger charge is -2.23. The van der Waals surface area contributed by atoms with E-state index >= 15 is 0 Å². The molecule has 12 heteroatoms. The average molecular weight is 493 g/mol. The highest BCUT2D eigenvalue weighted by Gasteiger charge is 2.30. The third-order valence-corrected chi connectivity index (χ3v) is 7.05. The van der Waals surface area contributed by atoms with Gasteiger partial charge >= 0.3 is 17.9 Å². The van der Waals surface area contributed by atoms with Crippen molar-refractivity contribution in [2.75, 3.05) is 31.5 Å². The van der Waals surface area contributed by atoms with Gasteiger partial charge in [0.2, 0.25) is 5.91 Å². The molecule has 0 unspecified atom stereocenters. The molecule has 0 aliphatic carbocycles. The summed E-state index contributed by atoms with van der Waals surface area (Å²) in [6.45, 7) is 0.884. The van der Waals surface area contributed by atoms with E-state index in [0.717, 1.165) is 16.2 Å². The van der Waals surface area contributed by atoms with Crippen LogP contribution in [0.4, 0.5) is 10.7 Å². The number of rotatable bonds is 7. The number of nitrogens with one attached hydrogen (secondary N) is 2. The number of ether oxygens (including phenoxy) is 3. The number of hydrogen-bond donors (Lipinski definition) is 2. The summed E-state index contributed by atoms with van der Waals surface area (Å²) in [6.07, 6.45) is -0.226. The molecule has 2 heterocycles. The highest BCUT2D eigenvalue weighted by molar-refractivity contribution is 8.01. The molecular formula is C21H20N2O8S2. The zero-order valence-corrected chi connectivity index (χ0v) is 19.5. The number of hydrogen-bond acceptors (Lipinski definition) is 10. The quantitative estimate of drug-likeness (QED) is 0.441. The minimum atomic E-state index is -0.744. The minimum absolute atomic E-state index is 0.0107. The van der Waals surface area contributed by atoms with Gasteiger partial charge in [0.25, 0.3) is 5.91 Å². The van der Waals surface area contributed by atoms with E-state index in [2.05, 4.69) is 15.4 Å². The van der Waals surface area contributed by atoms with Crippen molar-refractivity contribution < 1.29 is 38.2 Å². The van der Waals surface area contributed by atoms with Crippen molar-refractivity contribution in [1.29, 1.82) is 0 Å². The monoisotopic (exact) mass is 492 g/mol. The van der Waals surface area contributed by atoms with E-state index in [4.69, 9.17) is 9.47 Å². The van der Waals surface area contributed by atoms with Gasteiger partial charge in [0.05, 0.1) is 37.1 Å². The maximum atomic E-state index is 12.3. The van der Waals surface area contributed by atoms with Gasteiger partial charge in [-0.2, -0.15) is 0 Å². The molecule has 1 aliphatic heterocycles. The van der Waals surface area contributed by atoms with Crippen LogP contribution in [0.25, 0.3) is 0 Å². The van der Waals surface area contributed by atoms with Gasteiger partial charge in [0.15, 0.2) is 6.61 Å². The Labute approximate surface area is 197 Å². The smallest absolute Gasteiger partial charge is 0.348 e. The molecule has 0 bridgehead atoms. The van der Waals surface area contributed by atoms with Crippen molar-refractivity contribution in [2.45, 2.75) is 23.5 Å². The summed E-state index contributed by atoms with van der Waals surface area (Å²) in [5.41, 5.74) is 0.985. The van der Waals surface area contributed by atoms with Crippen LogP contribution in [0, 0.1) is 6.92 Å². The molecule has 174 valence electrons. The van der Waals surface area contributed by atoms with E-state index in [-0.39, 0.29) is 27.8 Å². The van der Waals surface area contributed by atoms with Crippen molar-refractivity contribution >= 4 is 63.5 Å². The van der Waals surface area contributed by atoms with Crippen LogP contribution in [0.2, 0.25) is 0 Å². The second kappa shape index (κ2) is 10.5. The molecule has 10 nitrogen and oxygen atoms in total. The van der Waals surface area contributed by atoms with Gasteiger partial charge in [-0.1, -0.05) is 12.1 Å². The van der Waals surface area contributed by atoms with E-state index in [1.54, 1.807) is 12.1 Å². The van der Waals surface area contributed by atoms with E-state index in [1.807, 2.05) is 12.1 Å². The van der Waals surface area contributed by atoms with Gasteiger partial charge in [-0.3, -0.25) is 14.4 Å². The third-order valence-electron chi connectivity index (χ3n) is 4.58. The van der Waals surface area contributed by atoms with Crippen LogP contribution in [-0.4, -0.2) is 55.8 Å². The van der Waals surface area contributed by atoms with Crippen molar-refractivity contribution in [1.82, 2.24) is 0 Å².